The van der Waals surface area contributed by atoms with Crippen molar-refractivity contribution in [3.8, 4) is 0 Å². The van der Waals surface area contributed by atoms with Gasteiger partial charge in [0.2, 0.25) is 0 Å². The van der Waals surface area contributed by atoms with Gasteiger partial charge in [-0.1, -0.05) is 175 Å². The molecule has 0 radical (unpaired) electrons. The first-order valence-electron chi connectivity index (χ1n) is 23.9. The topological polar surface area (TPSA) is 59.0 Å². The predicted molar refractivity (Wildman–Crippen MR) is 236 cm³/mol. The molecule has 1 N–H and O–H groups in total. The number of carbonyl (C=O) groups excluding carboxylic acids is 1. The number of hydrogen-bond acceptors (Lipinski definition) is 6. The Hall–Kier alpha value is -0.300. The molecule has 53 heavy (non-hydrogen) atoms. The number of esters is 1. The number of thioether (sulfide) groups is 1. The quantitative estimate of drug-likeness (QED) is 0.0492. The number of ether oxygens (including phenoxy) is 2. The average molecular weight is 770 g/mol. The Kier molecular flexibility index (Phi) is 44.2. The highest BCUT2D eigenvalue weighted by molar-refractivity contribution is 8.00. The Balaban J connectivity index is 4.38. The van der Waals surface area contributed by atoms with Gasteiger partial charge in [-0.25, -0.2) is 0 Å². The minimum atomic E-state index is 0.0236. The summed E-state index contributed by atoms with van der Waals surface area (Å²) in [5.41, 5.74) is 0. The molecule has 0 aromatic rings. The second-order valence-electron chi connectivity index (χ2n) is 16.1. The number of hydrogen-bond donors (Lipinski definition) is 1. The Morgan fingerprint density at radius 2 is 0.906 bits per heavy atom. The summed E-state index contributed by atoms with van der Waals surface area (Å²) in [6.07, 6.45) is 41.6. The summed E-state index contributed by atoms with van der Waals surface area (Å²) in [6.45, 7) is 14.3. The van der Waals surface area contributed by atoms with Crippen LogP contribution < -0.4 is 0 Å². The molecule has 2 atom stereocenters. The van der Waals surface area contributed by atoms with Gasteiger partial charge in [-0.3, -0.25) is 4.79 Å². The van der Waals surface area contributed by atoms with Crippen LogP contribution in [0.4, 0.5) is 0 Å². The van der Waals surface area contributed by atoms with E-state index in [0.717, 1.165) is 64.0 Å². The molecule has 0 heterocycles. The fraction of sp³-hybridized carbons (Fsp3) is 0.979. The third-order valence-electron chi connectivity index (χ3n) is 10.9. The molecule has 0 saturated heterocycles. The predicted octanol–water partition coefficient (Wildman–Crippen LogP) is 14.3. The van der Waals surface area contributed by atoms with Crippen LogP contribution in [0.1, 0.15) is 240 Å². The zero-order valence-corrected chi connectivity index (χ0v) is 37.3. The molecule has 0 saturated carbocycles. The van der Waals surface area contributed by atoms with E-state index in [1.165, 1.54) is 180 Å². The van der Waals surface area contributed by atoms with Crippen LogP contribution in [0.3, 0.4) is 0 Å². The summed E-state index contributed by atoms with van der Waals surface area (Å²) in [4.78, 5) is 15.6. The summed E-state index contributed by atoms with van der Waals surface area (Å²) in [5, 5.41) is 9.37. The number of aliphatic hydroxyl groups is 1. The Morgan fingerprint density at radius 3 is 1.43 bits per heavy atom. The molecule has 0 aliphatic carbocycles. The molecule has 0 spiro atoms. The van der Waals surface area contributed by atoms with Crippen molar-refractivity contribution >= 4 is 17.7 Å². The van der Waals surface area contributed by atoms with Crippen LogP contribution in [-0.2, 0) is 14.3 Å². The van der Waals surface area contributed by atoms with Crippen molar-refractivity contribution in [3.05, 3.63) is 0 Å². The van der Waals surface area contributed by atoms with Gasteiger partial charge in [-0.15, -0.1) is 11.8 Å². The maximum absolute atomic E-state index is 13.0. The highest BCUT2D eigenvalue weighted by Crippen LogP contribution is 2.23. The molecule has 5 nitrogen and oxygen atoms in total. The van der Waals surface area contributed by atoms with E-state index in [0.29, 0.717) is 19.3 Å². The van der Waals surface area contributed by atoms with Crippen molar-refractivity contribution in [2.45, 2.75) is 251 Å². The van der Waals surface area contributed by atoms with Crippen LogP contribution in [0.25, 0.3) is 0 Å². The first-order valence-corrected chi connectivity index (χ1v) is 24.9. The highest BCUT2D eigenvalue weighted by atomic mass is 32.2. The molecular formula is C47H95NO4S. The van der Waals surface area contributed by atoms with E-state index in [4.69, 9.17) is 9.47 Å². The number of nitrogens with zero attached hydrogens (tertiary/aromatic N) is 1. The summed E-state index contributed by atoms with van der Waals surface area (Å²) in [6, 6.07) is 0. The molecule has 0 bridgehead atoms. The number of unbranched alkanes of at least 4 members (excludes halogenated alkanes) is 23. The fourth-order valence-electron chi connectivity index (χ4n) is 7.28. The largest absolute Gasteiger partial charge is 0.465 e. The summed E-state index contributed by atoms with van der Waals surface area (Å²) >= 11 is 1.84. The summed E-state index contributed by atoms with van der Waals surface area (Å²) in [5.74, 6) is 1.11. The standard InChI is InChI=1S/C47H95NO4S/c1-5-9-13-16-19-27-37-46(53-44-34-12-8-4)47(50)52-43-33-24-22-29-39-48(40-30-31-41-49)38-28-21-20-26-36-45(35-25-18-15-11-7-3)51-42-32-23-17-14-10-6-2/h45-46,49H,5-44H2,1-4H3. The molecule has 0 fully saturated rings. The Bertz CT molecular complexity index is 710. The molecule has 0 aromatic heterocycles. The maximum atomic E-state index is 13.0. The lowest BCUT2D eigenvalue weighted by atomic mass is 10.0. The van der Waals surface area contributed by atoms with E-state index in [1.54, 1.807) is 0 Å². The smallest absolute Gasteiger partial charge is 0.319 e. The van der Waals surface area contributed by atoms with Crippen molar-refractivity contribution in [1.29, 1.82) is 0 Å². The van der Waals surface area contributed by atoms with Crippen molar-refractivity contribution in [1.82, 2.24) is 4.90 Å². The van der Waals surface area contributed by atoms with Gasteiger partial charge in [-0.2, -0.15) is 0 Å². The van der Waals surface area contributed by atoms with Gasteiger partial charge < -0.3 is 19.5 Å². The molecule has 0 amide bonds. The van der Waals surface area contributed by atoms with E-state index in [-0.39, 0.29) is 11.2 Å². The zero-order chi connectivity index (χ0) is 38.7. The van der Waals surface area contributed by atoms with Gasteiger partial charge >= 0.3 is 5.97 Å². The van der Waals surface area contributed by atoms with Crippen LogP contribution in [0.2, 0.25) is 0 Å². The monoisotopic (exact) mass is 770 g/mol. The third-order valence-corrected chi connectivity index (χ3v) is 12.2. The lowest BCUT2D eigenvalue weighted by Gasteiger charge is -2.22. The third kappa shape index (κ3) is 38.4. The van der Waals surface area contributed by atoms with Crippen molar-refractivity contribution in [2.75, 3.05) is 45.2 Å². The van der Waals surface area contributed by atoms with Crippen LogP contribution in [0.5, 0.6) is 0 Å². The van der Waals surface area contributed by atoms with Crippen LogP contribution in [0.15, 0.2) is 0 Å². The van der Waals surface area contributed by atoms with Gasteiger partial charge in [0, 0.05) is 13.2 Å². The van der Waals surface area contributed by atoms with Gasteiger partial charge in [0.15, 0.2) is 0 Å². The van der Waals surface area contributed by atoms with Crippen LogP contribution in [0, 0.1) is 0 Å². The van der Waals surface area contributed by atoms with E-state index in [2.05, 4.69) is 32.6 Å². The minimum absolute atomic E-state index is 0.0236. The summed E-state index contributed by atoms with van der Waals surface area (Å²) < 4.78 is 12.3. The first kappa shape index (κ1) is 52.7. The van der Waals surface area contributed by atoms with Crippen molar-refractivity contribution in [3.63, 3.8) is 0 Å². The molecule has 0 rings (SSSR count). The first-order chi connectivity index (χ1) is 26.1. The second-order valence-corrected chi connectivity index (χ2v) is 17.5. The Morgan fingerprint density at radius 1 is 0.491 bits per heavy atom. The highest BCUT2D eigenvalue weighted by Gasteiger charge is 2.20. The lowest BCUT2D eigenvalue weighted by molar-refractivity contribution is -0.143. The lowest BCUT2D eigenvalue weighted by Crippen LogP contribution is -2.27. The summed E-state index contributed by atoms with van der Waals surface area (Å²) in [7, 11) is 0. The van der Waals surface area contributed by atoms with E-state index >= 15 is 0 Å². The van der Waals surface area contributed by atoms with Crippen LogP contribution in [-0.4, -0.2) is 72.5 Å². The molecular weight excluding hydrogens is 675 g/mol. The molecule has 6 heteroatoms. The van der Waals surface area contributed by atoms with Crippen molar-refractivity contribution in [2.24, 2.45) is 0 Å². The van der Waals surface area contributed by atoms with E-state index in [1.807, 2.05) is 11.8 Å². The normalized spacial score (nSPS) is 12.9. The van der Waals surface area contributed by atoms with Gasteiger partial charge in [-0.05, 0) is 89.6 Å². The van der Waals surface area contributed by atoms with E-state index < -0.39 is 0 Å². The van der Waals surface area contributed by atoms with E-state index in [9.17, 15) is 9.90 Å². The molecule has 0 aliphatic rings. The van der Waals surface area contributed by atoms with Gasteiger partial charge in [0.05, 0.1) is 12.7 Å². The van der Waals surface area contributed by atoms with Gasteiger partial charge in [0.1, 0.15) is 5.25 Å². The van der Waals surface area contributed by atoms with Crippen molar-refractivity contribution < 1.29 is 19.4 Å². The Labute approximate surface area is 337 Å². The van der Waals surface area contributed by atoms with Gasteiger partial charge in [0.25, 0.3) is 0 Å². The maximum Gasteiger partial charge on any atom is 0.319 e. The zero-order valence-electron chi connectivity index (χ0n) is 36.5. The molecule has 0 aromatic carbocycles. The minimum Gasteiger partial charge on any atom is -0.465 e. The number of carbonyl (C=O) groups is 1. The van der Waals surface area contributed by atoms with Crippen LogP contribution >= 0.6 is 11.8 Å². The molecule has 2 unspecified atom stereocenters. The average Bonchev–Trinajstić information content (AvgIpc) is 3.16. The fourth-order valence-corrected chi connectivity index (χ4v) is 8.47. The number of rotatable bonds is 45. The molecule has 0 aliphatic heterocycles. The SMILES string of the molecule is CCCCCCCCOC(CCCCCCC)CCCCCCN(CCCCO)CCCCCCOC(=O)C(CCCCCCCC)SCCCCC. The number of aliphatic hydroxyl groups excluding tert-OH is 1. The molecule has 318 valence electrons. The second kappa shape index (κ2) is 44.4.